The van der Waals surface area contributed by atoms with E-state index in [4.69, 9.17) is 0 Å². The molecule has 0 heteroatoms. The molecule has 1 aliphatic rings. The van der Waals surface area contributed by atoms with Gasteiger partial charge in [-0.05, 0) is 49.0 Å². The third-order valence-corrected chi connectivity index (χ3v) is 3.07. The molecule has 0 heterocycles. The maximum Gasteiger partial charge on any atom is -0.0227 e. The van der Waals surface area contributed by atoms with E-state index < -0.39 is 0 Å². The average molecular weight is 210 g/mol. The first-order valence-electron chi connectivity index (χ1n) is 5.87. The van der Waals surface area contributed by atoms with Crippen LogP contribution in [0.1, 0.15) is 32.3 Å². The van der Waals surface area contributed by atoms with Crippen LogP contribution in [0.4, 0.5) is 0 Å². The SMILES string of the molecule is CC1=C(/C=C(\C)c2ccccc2)CCC=C1. The van der Waals surface area contributed by atoms with Crippen LogP contribution in [-0.2, 0) is 0 Å². The van der Waals surface area contributed by atoms with Gasteiger partial charge >= 0.3 is 0 Å². The molecule has 0 spiro atoms. The van der Waals surface area contributed by atoms with Gasteiger partial charge in [-0.25, -0.2) is 0 Å². The summed E-state index contributed by atoms with van der Waals surface area (Å²) in [5.41, 5.74) is 5.55. The molecule has 0 amide bonds. The van der Waals surface area contributed by atoms with Crippen molar-refractivity contribution in [3.63, 3.8) is 0 Å². The van der Waals surface area contributed by atoms with Crippen LogP contribution in [-0.4, -0.2) is 0 Å². The molecule has 1 aliphatic carbocycles. The third-order valence-electron chi connectivity index (χ3n) is 3.07. The lowest BCUT2D eigenvalue weighted by atomic mass is 9.95. The summed E-state index contributed by atoms with van der Waals surface area (Å²) in [6.45, 7) is 4.38. The Morgan fingerprint density at radius 3 is 2.62 bits per heavy atom. The highest BCUT2D eigenvalue weighted by atomic mass is 14.1. The van der Waals surface area contributed by atoms with Crippen molar-refractivity contribution in [2.75, 3.05) is 0 Å². The van der Waals surface area contributed by atoms with E-state index in [-0.39, 0.29) is 0 Å². The summed E-state index contributed by atoms with van der Waals surface area (Å²) in [5, 5.41) is 0. The molecule has 0 aromatic heterocycles. The molecule has 1 aromatic carbocycles. The van der Waals surface area contributed by atoms with Crippen molar-refractivity contribution in [1.29, 1.82) is 0 Å². The first-order chi connectivity index (χ1) is 7.77. The number of benzene rings is 1. The molecule has 0 radical (unpaired) electrons. The minimum Gasteiger partial charge on any atom is -0.0839 e. The molecule has 0 saturated heterocycles. The van der Waals surface area contributed by atoms with Gasteiger partial charge in [0.2, 0.25) is 0 Å². The maximum atomic E-state index is 2.33. The van der Waals surface area contributed by atoms with E-state index in [1.165, 1.54) is 35.1 Å². The molecule has 0 fully saturated rings. The fourth-order valence-electron chi connectivity index (χ4n) is 2.03. The quantitative estimate of drug-likeness (QED) is 0.660. The van der Waals surface area contributed by atoms with E-state index in [9.17, 15) is 0 Å². The second kappa shape index (κ2) is 4.98. The van der Waals surface area contributed by atoms with Gasteiger partial charge < -0.3 is 0 Å². The molecule has 1 aromatic rings. The van der Waals surface area contributed by atoms with Gasteiger partial charge in [0.25, 0.3) is 0 Å². The summed E-state index contributed by atoms with van der Waals surface area (Å²) in [6, 6.07) is 10.6. The number of hydrogen-bond donors (Lipinski definition) is 0. The fraction of sp³-hybridized carbons (Fsp3) is 0.250. The molecule has 2 rings (SSSR count). The minimum atomic E-state index is 1.17. The Bertz CT molecular complexity index is 444. The van der Waals surface area contributed by atoms with E-state index in [0.29, 0.717) is 0 Å². The van der Waals surface area contributed by atoms with Gasteiger partial charge in [-0.3, -0.25) is 0 Å². The molecule has 0 saturated carbocycles. The lowest BCUT2D eigenvalue weighted by Crippen LogP contribution is -1.90. The lowest BCUT2D eigenvalue weighted by molar-refractivity contribution is 0.969. The van der Waals surface area contributed by atoms with Gasteiger partial charge in [0.15, 0.2) is 0 Å². The Morgan fingerprint density at radius 2 is 1.94 bits per heavy atom. The summed E-state index contributed by atoms with van der Waals surface area (Å²) < 4.78 is 0. The van der Waals surface area contributed by atoms with E-state index in [0.717, 1.165) is 0 Å². The van der Waals surface area contributed by atoms with Crippen molar-refractivity contribution in [2.45, 2.75) is 26.7 Å². The molecule has 0 unspecified atom stereocenters. The van der Waals surface area contributed by atoms with Gasteiger partial charge in [-0.15, -0.1) is 0 Å². The van der Waals surface area contributed by atoms with Gasteiger partial charge in [0, 0.05) is 0 Å². The summed E-state index contributed by atoms with van der Waals surface area (Å²) in [6.07, 6.45) is 9.16. The van der Waals surface area contributed by atoms with Crippen molar-refractivity contribution >= 4 is 5.57 Å². The largest absolute Gasteiger partial charge is 0.0839 e. The third kappa shape index (κ3) is 2.52. The zero-order chi connectivity index (χ0) is 11.4. The van der Waals surface area contributed by atoms with Crippen molar-refractivity contribution in [3.8, 4) is 0 Å². The predicted octanol–water partition coefficient (Wildman–Crippen LogP) is 4.76. The van der Waals surface area contributed by atoms with Gasteiger partial charge in [0.1, 0.15) is 0 Å². The molecule has 0 nitrogen and oxygen atoms in total. The van der Waals surface area contributed by atoms with Gasteiger partial charge in [-0.1, -0.05) is 48.6 Å². The smallest absolute Gasteiger partial charge is 0.0227 e. The van der Waals surface area contributed by atoms with Crippen LogP contribution >= 0.6 is 0 Å². The lowest BCUT2D eigenvalue weighted by Gasteiger charge is -2.11. The molecule has 0 N–H and O–H groups in total. The van der Waals surface area contributed by atoms with Crippen LogP contribution in [0.15, 0.2) is 59.7 Å². The highest BCUT2D eigenvalue weighted by molar-refractivity contribution is 5.67. The first kappa shape index (κ1) is 10.9. The van der Waals surface area contributed by atoms with E-state index in [2.05, 4.69) is 62.4 Å². The summed E-state index contributed by atoms with van der Waals surface area (Å²) in [5.74, 6) is 0. The van der Waals surface area contributed by atoms with E-state index in [1.54, 1.807) is 0 Å². The standard InChI is InChI=1S/C16H18/c1-13-8-6-7-11-16(13)12-14(2)15-9-4-3-5-10-15/h3-6,8-10,12H,7,11H2,1-2H3/b14-12+. The highest BCUT2D eigenvalue weighted by Crippen LogP contribution is 2.23. The summed E-state index contributed by atoms with van der Waals surface area (Å²) >= 11 is 0. The van der Waals surface area contributed by atoms with Gasteiger partial charge in [-0.2, -0.15) is 0 Å². The Labute approximate surface area is 98.0 Å². The monoisotopic (exact) mass is 210 g/mol. The Hall–Kier alpha value is -1.56. The predicted molar refractivity (Wildman–Crippen MR) is 71.2 cm³/mol. The van der Waals surface area contributed by atoms with Crippen LogP contribution in [0, 0.1) is 0 Å². The highest BCUT2D eigenvalue weighted by Gasteiger charge is 2.03. The van der Waals surface area contributed by atoms with Crippen LogP contribution < -0.4 is 0 Å². The van der Waals surface area contributed by atoms with Crippen molar-refractivity contribution < 1.29 is 0 Å². The fourth-order valence-corrected chi connectivity index (χ4v) is 2.03. The molecular weight excluding hydrogens is 192 g/mol. The summed E-state index contributed by atoms with van der Waals surface area (Å²) in [4.78, 5) is 0. The van der Waals surface area contributed by atoms with Crippen molar-refractivity contribution in [2.24, 2.45) is 0 Å². The number of rotatable bonds is 2. The Balaban J connectivity index is 2.28. The normalized spacial score (nSPS) is 16.8. The van der Waals surface area contributed by atoms with Crippen LogP contribution in [0.25, 0.3) is 5.57 Å². The second-order valence-electron chi connectivity index (χ2n) is 4.34. The van der Waals surface area contributed by atoms with Crippen molar-refractivity contribution in [1.82, 2.24) is 0 Å². The molecule has 0 aliphatic heterocycles. The zero-order valence-corrected chi connectivity index (χ0v) is 10.0. The van der Waals surface area contributed by atoms with Crippen LogP contribution in [0.3, 0.4) is 0 Å². The zero-order valence-electron chi connectivity index (χ0n) is 10.0. The second-order valence-corrected chi connectivity index (χ2v) is 4.34. The van der Waals surface area contributed by atoms with E-state index >= 15 is 0 Å². The summed E-state index contributed by atoms with van der Waals surface area (Å²) in [7, 11) is 0. The maximum absolute atomic E-state index is 2.33. The molecule has 16 heavy (non-hydrogen) atoms. The van der Waals surface area contributed by atoms with Crippen LogP contribution in [0.5, 0.6) is 0 Å². The Kier molecular flexibility index (Phi) is 3.40. The molecule has 0 atom stereocenters. The topological polar surface area (TPSA) is 0 Å². The molecule has 82 valence electrons. The average Bonchev–Trinajstić information content (AvgIpc) is 2.33. The van der Waals surface area contributed by atoms with Crippen molar-refractivity contribution in [3.05, 3.63) is 65.3 Å². The minimum absolute atomic E-state index is 1.17. The van der Waals surface area contributed by atoms with Gasteiger partial charge in [0.05, 0.1) is 0 Å². The van der Waals surface area contributed by atoms with Crippen LogP contribution in [0.2, 0.25) is 0 Å². The molecule has 0 bridgehead atoms. The first-order valence-corrected chi connectivity index (χ1v) is 5.87. The number of allylic oxidation sites excluding steroid dienone is 6. The number of hydrogen-bond acceptors (Lipinski definition) is 0. The van der Waals surface area contributed by atoms with E-state index in [1.807, 2.05) is 0 Å². The Morgan fingerprint density at radius 1 is 1.19 bits per heavy atom. The molecular formula is C16H18.